The number of nitrogens with zero attached hydrogens (tertiary/aromatic N) is 1. The van der Waals surface area contributed by atoms with Crippen molar-refractivity contribution in [1.29, 1.82) is 0 Å². The minimum atomic E-state index is -0.406. The number of benzene rings is 2. The quantitative estimate of drug-likeness (QED) is 0.356. The summed E-state index contributed by atoms with van der Waals surface area (Å²) in [4.78, 5) is 38.2. The number of furan rings is 1. The van der Waals surface area contributed by atoms with Crippen molar-refractivity contribution >= 4 is 35.0 Å². The topological polar surface area (TPSA) is 76.8 Å². The highest BCUT2D eigenvalue weighted by atomic mass is 32.2. The first kappa shape index (κ1) is 21.6. The molecule has 6 nitrogen and oxygen atoms in total. The predicted octanol–water partition coefficient (Wildman–Crippen LogP) is 5.40. The Bertz CT molecular complexity index is 1160. The molecule has 4 rings (SSSR count). The second-order valence-corrected chi connectivity index (χ2v) is 8.19. The van der Waals surface area contributed by atoms with E-state index in [-0.39, 0.29) is 11.1 Å². The zero-order chi connectivity index (χ0) is 22.5. The second-order valence-electron chi connectivity index (χ2n) is 7.19. The standard InChI is InChI=1S/C25H21NO5S/c1-30-24(28)19-11-9-18(10-12-19)21-14-13-20(31-21)16-22-23(27)26(25(29)32-22)15-5-8-17-6-3-2-4-7-17/h2-4,6-7,9-14,16H,5,8,15H2,1H3/b22-16+. The van der Waals surface area contributed by atoms with Crippen molar-refractivity contribution in [3.05, 3.63) is 88.5 Å². The Balaban J connectivity index is 1.41. The maximum absolute atomic E-state index is 12.7. The third-order valence-electron chi connectivity index (χ3n) is 5.05. The lowest BCUT2D eigenvalue weighted by molar-refractivity contribution is -0.122. The molecule has 0 bridgehead atoms. The van der Waals surface area contributed by atoms with Gasteiger partial charge in [-0.2, -0.15) is 0 Å². The summed E-state index contributed by atoms with van der Waals surface area (Å²) in [6.45, 7) is 0.382. The van der Waals surface area contributed by atoms with Gasteiger partial charge < -0.3 is 9.15 Å². The largest absolute Gasteiger partial charge is 0.465 e. The third-order valence-corrected chi connectivity index (χ3v) is 5.96. The van der Waals surface area contributed by atoms with Gasteiger partial charge in [-0.25, -0.2) is 4.79 Å². The van der Waals surface area contributed by atoms with Crippen LogP contribution in [0.3, 0.4) is 0 Å². The molecule has 0 radical (unpaired) electrons. The Kier molecular flexibility index (Phi) is 6.56. The Morgan fingerprint density at radius 3 is 2.50 bits per heavy atom. The van der Waals surface area contributed by atoms with Gasteiger partial charge in [-0.05, 0) is 54.4 Å². The van der Waals surface area contributed by atoms with Crippen molar-refractivity contribution < 1.29 is 23.5 Å². The average molecular weight is 448 g/mol. The third kappa shape index (κ3) is 4.84. The molecule has 7 heteroatoms. The molecule has 1 saturated heterocycles. The number of thioether (sulfide) groups is 1. The van der Waals surface area contributed by atoms with Crippen molar-refractivity contribution in [2.75, 3.05) is 13.7 Å². The van der Waals surface area contributed by atoms with E-state index >= 15 is 0 Å². The van der Waals surface area contributed by atoms with Crippen molar-refractivity contribution in [3.63, 3.8) is 0 Å². The van der Waals surface area contributed by atoms with Crippen LogP contribution in [0.5, 0.6) is 0 Å². The van der Waals surface area contributed by atoms with E-state index in [1.807, 2.05) is 30.3 Å². The summed E-state index contributed by atoms with van der Waals surface area (Å²) in [5.41, 5.74) is 2.41. The molecule has 32 heavy (non-hydrogen) atoms. The van der Waals surface area contributed by atoms with Gasteiger partial charge in [0.15, 0.2) is 0 Å². The Labute approximate surface area is 189 Å². The smallest absolute Gasteiger partial charge is 0.337 e. The van der Waals surface area contributed by atoms with E-state index in [1.165, 1.54) is 17.6 Å². The van der Waals surface area contributed by atoms with Crippen molar-refractivity contribution in [2.45, 2.75) is 12.8 Å². The zero-order valence-corrected chi connectivity index (χ0v) is 18.3. The first-order valence-electron chi connectivity index (χ1n) is 10.1. The van der Waals surface area contributed by atoms with Crippen LogP contribution in [0.1, 0.15) is 28.1 Å². The van der Waals surface area contributed by atoms with Crippen LogP contribution >= 0.6 is 11.8 Å². The van der Waals surface area contributed by atoms with E-state index in [0.29, 0.717) is 35.0 Å². The number of esters is 1. The molecule has 1 fully saturated rings. The molecule has 0 spiro atoms. The van der Waals surface area contributed by atoms with Crippen LogP contribution in [0, 0.1) is 0 Å². The molecule has 162 valence electrons. The van der Waals surface area contributed by atoms with Crippen LogP contribution in [0.2, 0.25) is 0 Å². The van der Waals surface area contributed by atoms with Crippen LogP contribution in [-0.2, 0) is 16.0 Å². The molecule has 0 atom stereocenters. The van der Waals surface area contributed by atoms with Crippen LogP contribution in [0.25, 0.3) is 17.4 Å². The molecule has 0 N–H and O–H groups in total. The van der Waals surface area contributed by atoms with Gasteiger partial charge >= 0.3 is 5.97 Å². The number of amides is 2. The molecule has 1 aliphatic rings. The summed E-state index contributed by atoms with van der Waals surface area (Å²) < 4.78 is 10.5. The fourth-order valence-electron chi connectivity index (χ4n) is 3.38. The van der Waals surface area contributed by atoms with Crippen molar-refractivity contribution in [2.24, 2.45) is 0 Å². The molecule has 0 unspecified atom stereocenters. The van der Waals surface area contributed by atoms with E-state index in [1.54, 1.807) is 42.5 Å². The van der Waals surface area contributed by atoms with Crippen molar-refractivity contribution in [1.82, 2.24) is 4.90 Å². The summed E-state index contributed by atoms with van der Waals surface area (Å²) in [6.07, 6.45) is 3.11. The molecule has 1 aromatic heterocycles. The highest BCUT2D eigenvalue weighted by Crippen LogP contribution is 2.33. The molecular weight excluding hydrogens is 426 g/mol. The lowest BCUT2D eigenvalue weighted by atomic mass is 10.1. The van der Waals surface area contributed by atoms with E-state index in [9.17, 15) is 14.4 Å². The van der Waals surface area contributed by atoms with Gasteiger partial charge in [-0.1, -0.05) is 42.5 Å². The highest BCUT2D eigenvalue weighted by Gasteiger charge is 2.34. The van der Waals surface area contributed by atoms with Crippen molar-refractivity contribution in [3.8, 4) is 11.3 Å². The maximum atomic E-state index is 12.7. The first-order valence-corrected chi connectivity index (χ1v) is 10.9. The van der Waals surface area contributed by atoms with E-state index in [4.69, 9.17) is 9.15 Å². The Morgan fingerprint density at radius 2 is 1.78 bits per heavy atom. The lowest BCUT2D eigenvalue weighted by Crippen LogP contribution is -2.29. The summed E-state index contributed by atoms with van der Waals surface area (Å²) in [5.74, 6) is 0.367. The maximum Gasteiger partial charge on any atom is 0.337 e. The minimum absolute atomic E-state index is 0.264. The molecule has 2 heterocycles. The fraction of sp³-hybridized carbons (Fsp3) is 0.160. The SMILES string of the molecule is COC(=O)c1ccc(-c2ccc(/C=C3/SC(=O)N(CCCc4ccccc4)C3=O)o2)cc1. The number of hydrogen-bond acceptors (Lipinski definition) is 6. The van der Waals surface area contributed by atoms with Gasteiger partial charge in [0.2, 0.25) is 0 Å². The van der Waals surface area contributed by atoms with Gasteiger partial charge in [-0.15, -0.1) is 0 Å². The molecule has 2 aromatic carbocycles. The summed E-state index contributed by atoms with van der Waals surface area (Å²) >= 11 is 0.923. The molecule has 2 amide bonds. The number of carbonyl (C=O) groups excluding carboxylic acids is 3. The van der Waals surface area contributed by atoms with E-state index in [0.717, 1.165) is 23.7 Å². The monoisotopic (exact) mass is 447 g/mol. The summed E-state index contributed by atoms with van der Waals surface area (Å²) in [7, 11) is 1.33. The van der Waals surface area contributed by atoms with Crippen LogP contribution in [0.4, 0.5) is 4.79 Å². The molecule has 3 aromatic rings. The van der Waals surface area contributed by atoms with Crippen LogP contribution < -0.4 is 0 Å². The Morgan fingerprint density at radius 1 is 1.03 bits per heavy atom. The van der Waals surface area contributed by atoms with Gasteiger partial charge in [0, 0.05) is 18.2 Å². The number of imide groups is 1. The van der Waals surface area contributed by atoms with Crippen LogP contribution in [-0.4, -0.2) is 35.7 Å². The number of ether oxygens (including phenoxy) is 1. The summed E-state index contributed by atoms with van der Waals surface area (Å²) in [5, 5.41) is -0.264. The normalized spacial score (nSPS) is 14.9. The van der Waals surface area contributed by atoms with Gasteiger partial charge in [0.25, 0.3) is 11.1 Å². The average Bonchev–Trinajstić information content (AvgIpc) is 3.39. The number of rotatable bonds is 7. The van der Waals surface area contributed by atoms with E-state index in [2.05, 4.69) is 0 Å². The number of carbonyl (C=O) groups is 3. The van der Waals surface area contributed by atoms with Gasteiger partial charge in [0.05, 0.1) is 17.6 Å². The van der Waals surface area contributed by atoms with Gasteiger partial charge in [0.1, 0.15) is 11.5 Å². The molecular formula is C25H21NO5S. The molecule has 0 saturated carbocycles. The van der Waals surface area contributed by atoms with E-state index < -0.39 is 5.97 Å². The number of methoxy groups -OCH3 is 1. The fourth-order valence-corrected chi connectivity index (χ4v) is 4.23. The highest BCUT2D eigenvalue weighted by molar-refractivity contribution is 8.18. The first-order chi connectivity index (χ1) is 15.5. The number of aryl methyl sites for hydroxylation is 1. The molecule has 1 aliphatic heterocycles. The second kappa shape index (κ2) is 9.70. The van der Waals surface area contributed by atoms with Crippen LogP contribution in [0.15, 0.2) is 76.1 Å². The van der Waals surface area contributed by atoms with Gasteiger partial charge in [-0.3, -0.25) is 14.5 Å². The predicted molar refractivity (Wildman–Crippen MR) is 123 cm³/mol. The number of hydrogen-bond donors (Lipinski definition) is 0. The zero-order valence-electron chi connectivity index (χ0n) is 17.4. The minimum Gasteiger partial charge on any atom is -0.465 e. The summed E-state index contributed by atoms with van der Waals surface area (Å²) in [6, 6.07) is 20.3. The lowest BCUT2D eigenvalue weighted by Gasteiger charge is -2.11. The molecule has 0 aliphatic carbocycles. The Hall–Kier alpha value is -3.58.